The normalized spacial score (nSPS) is 10.3. The quantitative estimate of drug-likeness (QED) is 0.587. The topological polar surface area (TPSA) is 55.4 Å². The fraction of sp³-hybridized carbons (Fsp3) is 0.263. The second-order valence-corrected chi connectivity index (χ2v) is 5.98. The van der Waals surface area contributed by atoms with Gasteiger partial charge in [0, 0.05) is 22.7 Å². The second kappa shape index (κ2) is 8.50. The van der Waals surface area contributed by atoms with Crippen LogP contribution in [0, 0.1) is 6.92 Å². The number of ketones is 1. The van der Waals surface area contributed by atoms with Gasteiger partial charge < -0.3 is 10.1 Å². The maximum absolute atomic E-state index is 11.9. The van der Waals surface area contributed by atoms with Gasteiger partial charge in [0.2, 0.25) is 5.91 Å². The summed E-state index contributed by atoms with van der Waals surface area (Å²) >= 11 is 5.89. The van der Waals surface area contributed by atoms with Gasteiger partial charge in [-0.2, -0.15) is 0 Å². The lowest BCUT2D eigenvalue weighted by atomic mass is 10.1. The summed E-state index contributed by atoms with van der Waals surface area (Å²) in [6.07, 6.45) is 0.973. The summed E-state index contributed by atoms with van der Waals surface area (Å²) in [6, 6.07) is 12.3. The number of hydrogen-bond donors (Lipinski definition) is 1. The van der Waals surface area contributed by atoms with Crippen LogP contribution in [-0.2, 0) is 4.79 Å². The van der Waals surface area contributed by atoms with Crippen LogP contribution in [0.5, 0.6) is 5.75 Å². The predicted octanol–water partition coefficient (Wildman–Crippen LogP) is 4.65. The van der Waals surface area contributed by atoms with Crippen molar-refractivity contribution in [3.63, 3.8) is 0 Å². The van der Waals surface area contributed by atoms with Gasteiger partial charge in [-0.25, -0.2) is 0 Å². The molecular weight excluding hydrogens is 326 g/mol. The molecule has 2 rings (SSSR count). The van der Waals surface area contributed by atoms with Crippen molar-refractivity contribution in [1.29, 1.82) is 0 Å². The van der Waals surface area contributed by atoms with Crippen LogP contribution in [0.25, 0.3) is 0 Å². The van der Waals surface area contributed by atoms with Crippen LogP contribution in [0.1, 0.15) is 35.7 Å². The molecule has 5 heteroatoms. The molecule has 0 radical (unpaired) electrons. The van der Waals surface area contributed by atoms with Crippen LogP contribution in [0.15, 0.2) is 42.5 Å². The highest BCUT2D eigenvalue weighted by Crippen LogP contribution is 2.20. The van der Waals surface area contributed by atoms with Crippen molar-refractivity contribution >= 4 is 29.0 Å². The third-order valence-electron chi connectivity index (χ3n) is 3.54. The summed E-state index contributed by atoms with van der Waals surface area (Å²) in [4.78, 5) is 23.1. The van der Waals surface area contributed by atoms with Gasteiger partial charge in [-0.05, 0) is 68.3 Å². The Morgan fingerprint density at radius 2 is 1.83 bits per heavy atom. The van der Waals surface area contributed by atoms with E-state index in [4.69, 9.17) is 16.3 Å². The zero-order valence-corrected chi connectivity index (χ0v) is 14.5. The van der Waals surface area contributed by atoms with E-state index in [0.717, 1.165) is 11.3 Å². The van der Waals surface area contributed by atoms with Crippen LogP contribution < -0.4 is 10.1 Å². The van der Waals surface area contributed by atoms with Crippen molar-refractivity contribution in [1.82, 2.24) is 0 Å². The molecule has 2 aromatic carbocycles. The summed E-state index contributed by atoms with van der Waals surface area (Å²) < 4.78 is 5.57. The highest BCUT2D eigenvalue weighted by molar-refractivity contribution is 6.30. The van der Waals surface area contributed by atoms with Gasteiger partial charge in [0.05, 0.1) is 6.61 Å². The summed E-state index contributed by atoms with van der Waals surface area (Å²) in [5.74, 6) is 0.653. The van der Waals surface area contributed by atoms with Crippen molar-refractivity contribution in [2.24, 2.45) is 0 Å². The Bertz CT molecular complexity index is 726. The van der Waals surface area contributed by atoms with Gasteiger partial charge >= 0.3 is 0 Å². The van der Waals surface area contributed by atoms with Crippen molar-refractivity contribution in [2.75, 3.05) is 11.9 Å². The van der Waals surface area contributed by atoms with E-state index in [0.29, 0.717) is 35.8 Å². The summed E-state index contributed by atoms with van der Waals surface area (Å²) in [7, 11) is 0. The molecule has 0 saturated carbocycles. The molecule has 0 saturated heterocycles. The van der Waals surface area contributed by atoms with E-state index in [-0.39, 0.29) is 11.7 Å². The highest BCUT2D eigenvalue weighted by Gasteiger charge is 2.06. The van der Waals surface area contributed by atoms with E-state index in [2.05, 4.69) is 5.32 Å². The number of hydrogen-bond acceptors (Lipinski definition) is 3. The molecule has 0 heterocycles. The Balaban J connectivity index is 1.73. The second-order valence-electron chi connectivity index (χ2n) is 5.54. The van der Waals surface area contributed by atoms with Crippen molar-refractivity contribution in [2.45, 2.75) is 26.7 Å². The van der Waals surface area contributed by atoms with E-state index in [1.54, 1.807) is 36.4 Å². The average molecular weight is 346 g/mol. The molecule has 2 aromatic rings. The van der Waals surface area contributed by atoms with Crippen LogP contribution in [0.4, 0.5) is 5.69 Å². The van der Waals surface area contributed by atoms with Crippen LogP contribution in [0.3, 0.4) is 0 Å². The molecule has 0 unspecified atom stereocenters. The first-order valence-corrected chi connectivity index (χ1v) is 8.13. The first-order chi connectivity index (χ1) is 11.5. The van der Waals surface area contributed by atoms with E-state index in [1.807, 2.05) is 13.0 Å². The Labute approximate surface area is 146 Å². The van der Waals surface area contributed by atoms with E-state index >= 15 is 0 Å². The molecule has 1 amide bonds. The fourth-order valence-corrected chi connectivity index (χ4v) is 2.42. The minimum Gasteiger partial charge on any atom is -0.494 e. The van der Waals surface area contributed by atoms with Gasteiger partial charge in [0.15, 0.2) is 5.78 Å². The lowest BCUT2D eigenvalue weighted by Gasteiger charge is -2.09. The average Bonchev–Trinajstić information content (AvgIpc) is 2.55. The predicted molar refractivity (Wildman–Crippen MR) is 96.0 cm³/mol. The monoisotopic (exact) mass is 345 g/mol. The number of halogens is 1. The SMILES string of the molecule is CC(=O)c1ccc(OCCCC(=O)Nc2ccc(Cl)cc2C)cc1. The van der Waals surface area contributed by atoms with E-state index in [1.165, 1.54) is 6.92 Å². The molecular formula is C19H20ClNO3. The van der Waals surface area contributed by atoms with E-state index in [9.17, 15) is 9.59 Å². The lowest BCUT2D eigenvalue weighted by molar-refractivity contribution is -0.116. The number of ether oxygens (including phenoxy) is 1. The first kappa shape index (κ1) is 18.0. The molecule has 0 aliphatic carbocycles. The number of amides is 1. The largest absolute Gasteiger partial charge is 0.494 e. The first-order valence-electron chi connectivity index (χ1n) is 7.75. The minimum absolute atomic E-state index is 0.0238. The third-order valence-corrected chi connectivity index (χ3v) is 3.78. The van der Waals surface area contributed by atoms with Crippen LogP contribution in [-0.4, -0.2) is 18.3 Å². The maximum Gasteiger partial charge on any atom is 0.224 e. The summed E-state index contributed by atoms with van der Waals surface area (Å²) in [5, 5.41) is 3.51. The Hall–Kier alpha value is -2.33. The standard InChI is InChI=1S/C19H20ClNO3/c1-13-12-16(20)7-10-18(13)21-19(23)4-3-11-24-17-8-5-15(6-9-17)14(2)22/h5-10,12H,3-4,11H2,1-2H3,(H,21,23). The molecule has 0 aliphatic rings. The van der Waals surface area contributed by atoms with Crippen molar-refractivity contribution in [3.05, 3.63) is 58.6 Å². The number of carbonyl (C=O) groups excluding carboxylic acids is 2. The van der Waals surface area contributed by atoms with Crippen molar-refractivity contribution < 1.29 is 14.3 Å². The Morgan fingerprint density at radius 1 is 1.12 bits per heavy atom. The maximum atomic E-state index is 11.9. The molecule has 126 valence electrons. The van der Waals surface area contributed by atoms with Crippen LogP contribution >= 0.6 is 11.6 Å². The molecule has 0 spiro atoms. The molecule has 24 heavy (non-hydrogen) atoms. The lowest BCUT2D eigenvalue weighted by Crippen LogP contribution is -2.13. The smallest absolute Gasteiger partial charge is 0.224 e. The fourth-order valence-electron chi connectivity index (χ4n) is 2.19. The molecule has 1 N–H and O–H groups in total. The molecule has 0 aliphatic heterocycles. The number of Topliss-reactive ketones (excluding diaryl/α,β-unsaturated/α-hetero) is 1. The van der Waals surface area contributed by atoms with Crippen molar-refractivity contribution in [3.8, 4) is 5.75 Å². The number of rotatable bonds is 7. The number of carbonyl (C=O) groups is 2. The number of nitrogens with one attached hydrogen (secondary N) is 1. The van der Waals surface area contributed by atoms with Crippen LogP contribution in [0.2, 0.25) is 5.02 Å². The summed E-state index contributed by atoms with van der Waals surface area (Å²) in [6.45, 7) is 3.86. The van der Waals surface area contributed by atoms with Gasteiger partial charge in [-0.3, -0.25) is 9.59 Å². The number of benzene rings is 2. The zero-order chi connectivity index (χ0) is 17.5. The van der Waals surface area contributed by atoms with Gasteiger partial charge in [-0.15, -0.1) is 0 Å². The molecule has 0 bridgehead atoms. The Kier molecular flexibility index (Phi) is 6.38. The van der Waals surface area contributed by atoms with Gasteiger partial charge in [-0.1, -0.05) is 11.6 Å². The Morgan fingerprint density at radius 3 is 2.46 bits per heavy atom. The van der Waals surface area contributed by atoms with Gasteiger partial charge in [0.25, 0.3) is 0 Å². The van der Waals surface area contributed by atoms with Gasteiger partial charge in [0.1, 0.15) is 5.75 Å². The molecule has 0 fully saturated rings. The molecule has 0 atom stereocenters. The summed E-state index contributed by atoms with van der Waals surface area (Å²) in [5.41, 5.74) is 2.35. The molecule has 0 aromatic heterocycles. The molecule has 4 nitrogen and oxygen atoms in total. The zero-order valence-electron chi connectivity index (χ0n) is 13.8. The minimum atomic E-state index is -0.0593. The third kappa shape index (κ3) is 5.39. The van der Waals surface area contributed by atoms with E-state index < -0.39 is 0 Å². The highest BCUT2D eigenvalue weighted by atomic mass is 35.5. The number of aryl methyl sites for hydroxylation is 1. The number of anilines is 1.